The van der Waals surface area contributed by atoms with Gasteiger partial charge in [-0.3, -0.25) is 4.55 Å². The van der Waals surface area contributed by atoms with Crippen LogP contribution in [0.3, 0.4) is 0 Å². The molecule has 3 rings (SSSR count). The normalized spacial score (nSPS) is 11.5. The van der Waals surface area contributed by atoms with Crippen LogP contribution in [0.25, 0.3) is 22.3 Å². The zero-order valence-electron chi connectivity index (χ0n) is 23.4. The Morgan fingerprint density at radius 2 is 1.07 bits per heavy atom. The lowest BCUT2D eigenvalue weighted by molar-refractivity contribution is 0.0193. The van der Waals surface area contributed by atoms with E-state index in [9.17, 15) is 18.0 Å². The van der Waals surface area contributed by atoms with Gasteiger partial charge < -0.3 is 18.9 Å². The lowest BCUT2D eigenvalue weighted by Gasteiger charge is -2.19. The van der Waals surface area contributed by atoms with E-state index in [2.05, 4.69) is 12.6 Å². The predicted molar refractivity (Wildman–Crippen MR) is 156 cm³/mol. The molecule has 1 N–H and O–H groups in total. The number of rotatable bonds is 4. The molecular formula is C29H34O9S2. The number of carbonyl (C=O) groups is 2. The van der Waals surface area contributed by atoms with E-state index in [1.807, 2.05) is 42.5 Å². The van der Waals surface area contributed by atoms with Crippen LogP contribution in [0.15, 0.2) is 71.6 Å². The van der Waals surface area contributed by atoms with Crippen molar-refractivity contribution < 1.29 is 41.5 Å². The standard InChI is InChI=1S/C28H30O6S.CH4O3S/c1-27(2,3)33-25(29)31-20-14-10-18(11-15-20)22-8-7-9-23(35)24(22)19-12-16-21(17-13-19)32-26(30)34-28(4,5)6;1-5(2,3)4/h7-17,35H,1-6H3;1H3,(H,2,3,4). The number of hydrogen-bond donors (Lipinski definition) is 2. The van der Waals surface area contributed by atoms with E-state index in [1.54, 1.807) is 65.8 Å². The summed E-state index contributed by atoms with van der Waals surface area (Å²) >= 11 is 4.67. The molecule has 0 saturated carbocycles. The van der Waals surface area contributed by atoms with Crippen molar-refractivity contribution in [3.8, 4) is 33.8 Å². The van der Waals surface area contributed by atoms with E-state index in [1.165, 1.54) is 0 Å². The SMILES string of the molecule is CC(C)(C)OC(=O)Oc1ccc(-c2cccc(S)c2-c2ccc(OC(=O)OC(C)(C)C)cc2)cc1.CS(=O)(=O)O. The van der Waals surface area contributed by atoms with Gasteiger partial charge in [-0.25, -0.2) is 9.59 Å². The van der Waals surface area contributed by atoms with Crippen molar-refractivity contribution in [1.29, 1.82) is 0 Å². The maximum atomic E-state index is 11.9. The van der Waals surface area contributed by atoms with Gasteiger partial charge in [0, 0.05) is 10.5 Å². The van der Waals surface area contributed by atoms with E-state index in [4.69, 9.17) is 23.5 Å². The van der Waals surface area contributed by atoms with Crippen molar-refractivity contribution >= 4 is 35.1 Å². The molecule has 0 bridgehead atoms. The summed E-state index contributed by atoms with van der Waals surface area (Å²) in [6.07, 6.45) is -0.793. The molecule has 40 heavy (non-hydrogen) atoms. The molecule has 0 fully saturated rings. The fraction of sp³-hybridized carbons (Fsp3) is 0.310. The molecule has 0 aromatic heterocycles. The third-order valence-corrected chi connectivity index (χ3v) is 4.90. The second-order valence-corrected chi connectivity index (χ2v) is 12.6. The zero-order valence-corrected chi connectivity index (χ0v) is 25.1. The van der Waals surface area contributed by atoms with Crippen molar-refractivity contribution in [2.45, 2.75) is 57.6 Å². The average Bonchev–Trinajstić information content (AvgIpc) is 2.76. The van der Waals surface area contributed by atoms with Crippen LogP contribution in [-0.2, 0) is 19.6 Å². The molecule has 3 aromatic carbocycles. The van der Waals surface area contributed by atoms with Crippen LogP contribution in [0.4, 0.5) is 9.59 Å². The lowest BCUT2D eigenvalue weighted by atomic mass is 9.94. The smallest absolute Gasteiger partial charge is 0.428 e. The average molecular weight is 591 g/mol. The van der Waals surface area contributed by atoms with Gasteiger partial charge in [0.05, 0.1) is 6.26 Å². The zero-order chi connectivity index (χ0) is 30.3. The predicted octanol–water partition coefficient (Wildman–Crippen LogP) is 7.44. The molecule has 0 saturated heterocycles. The minimum atomic E-state index is -3.67. The molecule has 0 heterocycles. The number of thiol groups is 1. The van der Waals surface area contributed by atoms with Gasteiger partial charge in [0.1, 0.15) is 22.7 Å². The highest BCUT2D eigenvalue weighted by Gasteiger charge is 2.19. The first-order chi connectivity index (χ1) is 18.3. The van der Waals surface area contributed by atoms with Crippen molar-refractivity contribution in [3.63, 3.8) is 0 Å². The monoisotopic (exact) mass is 590 g/mol. The van der Waals surface area contributed by atoms with E-state index < -0.39 is 33.6 Å². The Bertz CT molecular complexity index is 1410. The minimum absolute atomic E-state index is 0.379. The topological polar surface area (TPSA) is 125 Å². The summed E-state index contributed by atoms with van der Waals surface area (Å²) in [7, 11) is -3.67. The van der Waals surface area contributed by atoms with Crippen LogP contribution in [0.1, 0.15) is 41.5 Å². The van der Waals surface area contributed by atoms with E-state index in [0.29, 0.717) is 17.8 Å². The van der Waals surface area contributed by atoms with Crippen molar-refractivity contribution in [2.24, 2.45) is 0 Å². The molecule has 0 radical (unpaired) electrons. The number of hydrogen-bond acceptors (Lipinski definition) is 9. The molecule has 9 nitrogen and oxygen atoms in total. The summed E-state index contributed by atoms with van der Waals surface area (Å²) in [6.45, 7) is 10.7. The second-order valence-electron chi connectivity index (χ2n) is 10.6. The third-order valence-electron chi connectivity index (χ3n) is 4.53. The molecular weight excluding hydrogens is 556 g/mol. The Balaban J connectivity index is 0.00000103. The van der Waals surface area contributed by atoms with Crippen molar-refractivity contribution in [2.75, 3.05) is 6.26 Å². The summed E-state index contributed by atoms with van der Waals surface area (Å²) in [5.41, 5.74) is 2.41. The lowest BCUT2D eigenvalue weighted by Crippen LogP contribution is -2.25. The Kier molecular flexibility index (Phi) is 10.8. The fourth-order valence-electron chi connectivity index (χ4n) is 3.21. The van der Waals surface area contributed by atoms with Crippen LogP contribution < -0.4 is 9.47 Å². The summed E-state index contributed by atoms with van der Waals surface area (Å²) in [6, 6.07) is 20.1. The van der Waals surface area contributed by atoms with Gasteiger partial charge in [0.25, 0.3) is 10.1 Å². The Labute approximate surface area is 240 Å². The van der Waals surface area contributed by atoms with Crippen LogP contribution in [0, 0.1) is 0 Å². The van der Waals surface area contributed by atoms with Crippen molar-refractivity contribution in [3.05, 3.63) is 66.7 Å². The summed E-state index contributed by atoms with van der Waals surface area (Å²) < 4.78 is 46.8. The minimum Gasteiger partial charge on any atom is -0.428 e. The highest BCUT2D eigenvalue weighted by Crippen LogP contribution is 2.38. The van der Waals surface area contributed by atoms with Gasteiger partial charge in [0.2, 0.25) is 0 Å². The third kappa shape index (κ3) is 12.1. The summed E-state index contributed by atoms with van der Waals surface area (Å²) in [5.74, 6) is 0.764. The largest absolute Gasteiger partial charge is 0.514 e. The van der Waals surface area contributed by atoms with Gasteiger partial charge in [0.15, 0.2) is 0 Å². The summed E-state index contributed by atoms with van der Waals surface area (Å²) in [5, 5.41) is 0. The van der Waals surface area contributed by atoms with Crippen LogP contribution in [0.5, 0.6) is 11.5 Å². The Morgan fingerprint density at radius 3 is 1.45 bits per heavy atom. The van der Waals surface area contributed by atoms with Gasteiger partial charge in [-0.1, -0.05) is 36.4 Å². The van der Waals surface area contributed by atoms with Crippen LogP contribution in [0.2, 0.25) is 0 Å². The first-order valence-electron chi connectivity index (χ1n) is 12.1. The maximum Gasteiger partial charge on any atom is 0.514 e. The van der Waals surface area contributed by atoms with Crippen LogP contribution >= 0.6 is 12.6 Å². The molecule has 0 atom stereocenters. The van der Waals surface area contributed by atoms with Gasteiger partial charge in [-0.2, -0.15) is 8.42 Å². The van der Waals surface area contributed by atoms with E-state index in [-0.39, 0.29) is 0 Å². The fourth-order valence-corrected chi connectivity index (χ4v) is 3.55. The first kappa shape index (κ1) is 32.7. The highest BCUT2D eigenvalue weighted by atomic mass is 32.2. The quantitative estimate of drug-likeness (QED) is 0.138. The molecule has 0 unspecified atom stereocenters. The first-order valence-corrected chi connectivity index (χ1v) is 14.4. The van der Waals surface area contributed by atoms with E-state index >= 15 is 0 Å². The number of ether oxygens (including phenoxy) is 4. The summed E-state index contributed by atoms with van der Waals surface area (Å²) in [4.78, 5) is 24.7. The van der Waals surface area contributed by atoms with E-state index in [0.717, 1.165) is 27.1 Å². The van der Waals surface area contributed by atoms with Gasteiger partial charge in [-0.15, -0.1) is 12.6 Å². The number of benzene rings is 3. The highest BCUT2D eigenvalue weighted by molar-refractivity contribution is 7.85. The number of carbonyl (C=O) groups excluding carboxylic acids is 2. The molecule has 11 heteroatoms. The molecule has 0 aliphatic heterocycles. The molecule has 0 amide bonds. The Morgan fingerprint density at radius 1 is 0.700 bits per heavy atom. The van der Waals surface area contributed by atoms with Crippen LogP contribution in [-0.4, -0.2) is 42.7 Å². The maximum absolute atomic E-state index is 11.9. The molecule has 0 aliphatic rings. The molecule has 3 aromatic rings. The Hall–Kier alpha value is -3.54. The van der Waals surface area contributed by atoms with Gasteiger partial charge in [-0.05, 0) is 88.6 Å². The molecule has 216 valence electrons. The van der Waals surface area contributed by atoms with Crippen molar-refractivity contribution in [1.82, 2.24) is 0 Å². The second kappa shape index (κ2) is 13.2. The molecule has 0 spiro atoms. The van der Waals surface area contributed by atoms with Gasteiger partial charge >= 0.3 is 12.3 Å². The molecule has 0 aliphatic carbocycles.